The Morgan fingerprint density at radius 3 is 2.39 bits per heavy atom. The van der Waals surface area contributed by atoms with Crippen molar-refractivity contribution in [2.24, 2.45) is 5.92 Å². The van der Waals surface area contributed by atoms with Gasteiger partial charge in [-0.1, -0.05) is 24.3 Å². The number of carbonyl (C=O) groups excluding carboxylic acids is 1. The summed E-state index contributed by atoms with van der Waals surface area (Å²) < 4.78 is 20.6. The summed E-state index contributed by atoms with van der Waals surface area (Å²) in [4.78, 5) is 19.4. The van der Waals surface area contributed by atoms with Gasteiger partial charge in [0, 0.05) is 44.4 Å². The lowest BCUT2D eigenvalue weighted by molar-refractivity contribution is -0.132. The summed E-state index contributed by atoms with van der Waals surface area (Å²) in [6, 6.07) is 14.6. The van der Waals surface area contributed by atoms with Gasteiger partial charge in [-0.05, 0) is 67.5 Å². The van der Waals surface area contributed by atoms with Gasteiger partial charge in [0.2, 0.25) is 5.91 Å². The maximum Gasteiger partial charge on any atom is 0.222 e. The van der Waals surface area contributed by atoms with Gasteiger partial charge in [0.25, 0.3) is 0 Å². The molecule has 0 N–H and O–H groups in total. The first-order chi connectivity index (χ1) is 16.0. The van der Waals surface area contributed by atoms with Crippen molar-refractivity contribution < 1.29 is 13.9 Å². The van der Waals surface area contributed by atoms with Gasteiger partial charge in [-0.25, -0.2) is 9.37 Å². The number of piperidine rings is 1. The summed E-state index contributed by atoms with van der Waals surface area (Å²) in [7, 11) is 1.65. The predicted molar refractivity (Wildman–Crippen MR) is 127 cm³/mol. The van der Waals surface area contributed by atoms with Crippen molar-refractivity contribution in [3.63, 3.8) is 0 Å². The number of carbonyl (C=O) groups is 1. The Balaban J connectivity index is 1.27. The van der Waals surface area contributed by atoms with Crippen LogP contribution in [-0.4, -0.2) is 40.6 Å². The summed E-state index contributed by atoms with van der Waals surface area (Å²) in [6.07, 6.45) is 6.11. The van der Waals surface area contributed by atoms with Crippen LogP contribution in [0.25, 0.3) is 0 Å². The molecule has 174 valence electrons. The third-order valence-corrected chi connectivity index (χ3v) is 6.62. The van der Waals surface area contributed by atoms with Gasteiger partial charge in [-0.3, -0.25) is 4.79 Å². The molecule has 6 heteroatoms. The SMILES string of the molecule is COc1ccc(CCC(=O)N2CCC(Cc3ncc(C)n3Cc3ccc(F)cc3)CC2)cc1. The minimum absolute atomic E-state index is 0.216. The van der Waals surface area contributed by atoms with Crippen molar-refractivity contribution in [2.45, 2.75) is 45.6 Å². The van der Waals surface area contributed by atoms with Crippen LogP contribution in [0.3, 0.4) is 0 Å². The van der Waals surface area contributed by atoms with Crippen molar-refractivity contribution in [3.8, 4) is 5.75 Å². The van der Waals surface area contributed by atoms with Crippen molar-refractivity contribution in [1.29, 1.82) is 0 Å². The number of hydrogen-bond acceptors (Lipinski definition) is 3. The number of ether oxygens (including phenoxy) is 1. The van der Waals surface area contributed by atoms with E-state index < -0.39 is 0 Å². The smallest absolute Gasteiger partial charge is 0.222 e. The fourth-order valence-electron chi connectivity index (χ4n) is 4.51. The molecule has 0 bridgehead atoms. The Bertz CT molecular complexity index is 1050. The van der Waals surface area contributed by atoms with Crippen LogP contribution in [0.2, 0.25) is 0 Å². The summed E-state index contributed by atoms with van der Waals surface area (Å²) in [6.45, 7) is 4.38. The van der Waals surface area contributed by atoms with E-state index in [-0.39, 0.29) is 11.7 Å². The van der Waals surface area contributed by atoms with E-state index in [2.05, 4.69) is 16.5 Å². The number of hydrogen-bond donors (Lipinski definition) is 0. The van der Waals surface area contributed by atoms with E-state index in [0.717, 1.165) is 67.2 Å². The van der Waals surface area contributed by atoms with E-state index in [4.69, 9.17) is 4.74 Å². The van der Waals surface area contributed by atoms with E-state index in [9.17, 15) is 9.18 Å². The van der Waals surface area contributed by atoms with Crippen LogP contribution in [-0.2, 0) is 24.2 Å². The second-order valence-electron chi connectivity index (χ2n) is 8.90. The second-order valence-corrected chi connectivity index (χ2v) is 8.90. The van der Waals surface area contributed by atoms with E-state index in [0.29, 0.717) is 18.9 Å². The molecule has 0 unspecified atom stereocenters. The van der Waals surface area contributed by atoms with Crippen LogP contribution >= 0.6 is 0 Å². The highest BCUT2D eigenvalue weighted by Gasteiger charge is 2.24. The van der Waals surface area contributed by atoms with E-state index in [1.807, 2.05) is 47.5 Å². The summed E-state index contributed by atoms with van der Waals surface area (Å²) in [5.74, 6) is 2.44. The molecule has 0 saturated carbocycles. The van der Waals surface area contributed by atoms with Crippen LogP contribution in [0, 0.1) is 18.7 Å². The number of benzene rings is 2. The zero-order valence-electron chi connectivity index (χ0n) is 19.5. The Labute approximate surface area is 195 Å². The van der Waals surface area contributed by atoms with Crippen LogP contribution in [0.4, 0.5) is 4.39 Å². The van der Waals surface area contributed by atoms with Gasteiger partial charge in [0.15, 0.2) is 0 Å². The molecule has 1 amide bonds. The molecule has 1 fully saturated rings. The average Bonchev–Trinajstić information content (AvgIpc) is 3.18. The maximum absolute atomic E-state index is 13.2. The maximum atomic E-state index is 13.2. The van der Waals surface area contributed by atoms with Gasteiger partial charge in [0.1, 0.15) is 17.4 Å². The molecule has 0 atom stereocenters. The van der Waals surface area contributed by atoms with Gasteiger partial charge in [0.05, 0.1) is 7.11 Å². The van der Waals surface area contributed by atoms with Crippen LogP contribution < -0.4 is 4.74 Å². The van der Waals surface area contributed by atoms with Crippen LogP contribution in [0.1, 0.15) is 41.9 Å². The number of nitrogens with zero attached hydrogens (tertiary/aromatic N) is 3. The third-order valence-electron chi connectivity index (χ3n) is 6.62. The van der Waals surface area contributed by atoms with E-state index >= 15 is 0 Å². The minimum atomic E-state index is -0.216. The van der Waals surface area contributed by atoms with Crippen LogP contribution in [0.15, 0.2) is 54.7 Å². The molecule has 1 aliphatic heterocycles. The molecule has 0 radical (unpaired) electrons. The van der Waals surface area contributed by atoms with E-state index in [1.54, 1.807) is 7.11 Å². The Morgan fingerprint density at radius 1 is 1.06 bits per heavy atom. The number of imidazole rings is 1. The van der Waals surface area contributed by atoms with Gasteiger partial charge >= 0.3 is 0 Å². The molecule has 2 heterocycles. The number of aromatic nitrogens is 2. The molecule has 1 aliphatic rings. The molecule has 4 rings (SSSR count). The first-order valence-electron chi connectivity index (χ1n) is 11.7. The normalized spacial score (nSPS) is 14.5. The number of amides is 1. The number of likely N-dealkylation sites (tertiary alicyclic amines) is 1. The predicted octanol–water partition coefficient (Wildman–Crippen LogP) is 4.80. The Kier molecular flexibility index (Phi) is 7.43. The number of halogens is 1. The lowest BCUT2D eigenvalue weighted by atomic mass is 9.93. The van der Waals surface area contributed by atoms with Crippen molar-refractivity contribution >= 4 is 5.91 Å². The Morgan fingerprint density at radius 2 is 1.73 bits per heavy atom. The summed E-state index contributed by atoms with van der Waals surface area (Å²) in [5, 5.41) is 0. The monoisotopic (exact) mass is 449 g/mol. The van der Waals surface area contributed by atoms with Gasteiger partial charge in [-0.2, -0.15) is 0 Å². The first-order valence-corrected chi connectivity index (χ1v) is 11.7. The van der Waals surface area contributed by atoms with Crippen LogP contribution in [0.5, 0.6) is 5.75 Å². The molecule has 33 heavy (non-hydrogen) atoms. The van der Waals surface area contributed by atoms with Crippen molar-refractivity contribution in [2.75, 3.05) is 20.2 Å². The van der Waals surface area contributed by atoms with E-state index in [1.165, 1.54) is 12.1 Å². The number of rotatable bonds is 8. The van der Waals surface area contributed by atoms with Crippen molar-refractivity contribution in [3.05, 3.63) is 83.2 Å². The standard InChI is InChI=1S/C27H32FN3O2/c1-20-18-29-26(31(20)19-23-3-8-24(28)9-4-23)17-22-13-15-30(16-14-22)27(32)12-7-21-5-10-25(33-2)11-6-21/h3-6,8-11,18,22H,7,12-17,19H2,1-2H3. The molecular formula is C27H32FN3O2. The fourth-order valence-corrected chi connectivity index (χ4v) is 4.51. The first kappa shape index (κ1) is 23.0. The molecule has 0 spiro atoms. The molecule has 3 aromatic rings. The lowest BCUT2D eigenvalue weighted by Gasteiger charge is -2.32. The average molecular weight is 450 g/mol. The zero-order chi connectivity index (χ0) is 23.2. The highest BCUT2D eigenvalue weighted by molar-refractivity contribution is 5.76. The van der Waals surface area contributed by atoms with Gasteiger partial charge in [-0.15, -0.1) is 0 Å². The highest BCUT2D eigenvalue weighted by Crippen LogP contribution is 2.23. The lowest BCUT2D eigenvalue weighted by Crippen LogP contribution is -2.39. The fraction of sp³-hybridized carbons (Fsp3) is 0.407. The molecule has 0 aliphatic carbocycles. The zero-order valence-corrected chi connectivity index (χ0v) is 19.5. The largest absolute Gasteiger partial charge is 0.497 e. The Hall–Kier alpha value is -3.15. The number of aryl methyl sites for hydroxylation is 2. The van der Waals surface area contributed by atoms with Crippen molar-refractivity contribution in [1.82, 2.24) is 14.5 Å². The molecular weight excluding hydrogens is 417 g/mol. The molecule has 2 aromatic carbocycles. The topological polar surface area (TPSA) is 47.4 Å². The summed E-state index contributed by atoms with van der Waals surface area (Å²) in [5.41, 5.74) is 3.33. The minimum Gasteiger partial charge on any atom is -0.497 e. The third kappa shape index (κ3) is 6.01. The molecule has 1 saturated heterocycles. The molecule has 1 aromatic heterocycles. The number of methoxy groups -OCH3 is 1. The second kappa shape index (κ2) is 10.6. The quantitative estimate of drug-likeness (QED) is 0.496. The molecule has 5 nitrogen and oxygen atoms in total. The summed E-state index contributed by atoms with van der Waals surface area (Å²) >= 11 is 0. The highest BCUT2D eigenvalue weighted by atomic mass is 19.1. The van der Waals surface area contributed by atoms with Gasteiger partial charge < -0.3 is 14.2 Å².